The van der Waals surface area contributed by atoms with Gasteiger partial charge in [0.05, 0.1) is 23.7 Å². The number of fused-ring (bicyclic) bond motifs is 1. The summed E-state index contributed by atoms with van der Waals surface area (Å²) in [6.07, 6.45) is -12.8. The lowest BCUT2D eigenvalue weighted by Crippen LogP contribution is -2.61. The van der Waals surface area contributed by atoms with Crippen LogP contribution in [0.1, 0.15) is 30.8 Å². The fourth-order valence-electron chi connectivity index (χ4n) is 4.00. The number of carboxylic acids is 1. The van der Waals surface area contributed by atoms with Gasteiger partial charge in [0.25, 0.3) is 0 Å². The zero-order valence-electron chi connectivity index (χ0n) is 23.5. The minimum absolute atomic E-state index is 0.0415. The van der Waals surface area contributed by atoms with Crippen LogP contribution in [0.15, 0.2) is 63.7 Å². The first kappa shape index (κ1) is 19.6. The summed E-state index contributed by atoms with van der Waals surface area (Å²) >= 11 is 0. The van der Waals surface area contributed by atoms with E-state index in [9.17, 15) is 39.9 Å². The molecule has 1 aromatic heterocycles. The topological polar surface area (TPSA) is 184 Å². The quantitative estimate of drug-likeness (QED) is 0.282. The van der Waals surface area contributed by atoms with E-state index in [1.165, 1.54) is 24.3 Å². The zero-order valence-corrected chi connectivity index (χ0v) is 18.5. The van der Waals surface area contributed by atoms with Crippen molar-refractivity contribution in [1.82, 2.24) is 0 Å². The predicted octanol–water partition coefficient (Wildman–Crippen LogP) is 0.497. The molecule has 36 heavy (non-hydrogen) atoms. The number of benzene rings is 2. The molecular formula is C25H24O11. The summed E-state index contributed by atoms with van der Waals surface area (Å²) in [5, 5.41) is 51.3. The summed E-state index contributed by atoms with van der Waals surface area (Å²) in [5.74, 6) is -5.53. The Bertz CT molecular complexity index is 1560. The first-order chi connectivity index (χ1) is 19.2. The molecule has 190 valence electrons. The molecule has 1 aliphatic heterocycles. The number of aromatic hydroxyl groups is 1. The van der Waals surface area contributed by atoms with Gasteiger partial charge in [-0.05, 0) is 24.6 Å². The van der Waals surface area contributed by atoms with E-state index in [0.29, 0.717) is 0 Å². The maximum atomic E-state index is 13.3. The largest absolute Gasteiger partial charge is 0.507 e. The van der Waals surface area contributed by atoms with E-state index in [0.717, 1.165) is 6.92 Å². The summed E-state index contributed by atoms with van der Waals surface area (Å²) in [4.78, 5) is 37.9. The summed E-state index contributed by atoms with van der Waals surface area (Å²) in [7, 11) is 0. The molecule has 0 aliphatic carbocycles. The SMILES string of the molecule is [2H]c1c([2H])c([2H])c(C(c2c(O)c3ccccc3oc2=O)C(O[C@@H]2O[C@H](C(=O)O)[C@@H](O)[C@H](O)[C@H]2O)C(C)=O)c([2H])c1[2H]. The lowest BCUT2D eigenvalue weighted by atomic mass is 9.84. The van der Waals surface area contributed by atoms with Crippen molar-refractivity contribution in [1.29, 1.82) is 0 Å². The zero-order chi connectivity index (χ0) is 30.5. The van der Waals surface area contributed by atoms with E-state index >= 15 is 0 Å². The van der Waals surface area contributed by atoms with E-state index in [1.807, 2.05) is 0 Å². The molecule has 1 saturated heterocycles. The number of aliphatic hydroxyl groups is 3. The van der Waals surface area contributed by atoms with E-state index in [2.05, 4.69) is 0 Å². The van der Waals surface area contributed by atoms with Crippen molar-refractivity contribution in [3.63, 3.8) is 0 Å². The van der Waals surface area contributed by atoms with Gasteiger partial charge < -0.3 is 39.4 Å². The van der Waals surface area contributed by atoms with Crippen molar-refractivity contribution in [3.8, 4) is 5.75 Å². The van der Waals surface area contributed by atoms with Gasteiger partial charge in [-0.3, -0.25) is 4.79 Å². The molecule has 3 aromatic rings. The average molecular weight is 505 g/mol. The van der Waals surface area contributed by atoms with Gasteiger partial charge in [0.2, 0.25) is 0 Å². The third kappa shape index (κ3) is 4.62. The van der Waals surface area contributed by atoms with Crippen molar-refractivity contribution in [2.75, 3.05) is 0 Å². The Labute approximate surface area is 210 Å². The summed E-state index contributed by atoms with van der Waals surface area (Å²) in [6, 6.07) is 1.44. The van der Waals surface area contributed by atoms with Crippen molar-refractivity contribution >= 4 is 22.7 Å². The number of carboxylic acid groups (broad SMARTS) is 1. The molecule has 2 unspecified atom stereocenters. The van der Waals surface area contributed by atoms with E-state index < -0.39 is 107 Å². The standard InChI is InChI=1S/C25H24O11/c1-11(26)21(35-25-20(30)18(28)19(29)22(36-25)23(31)32)15(12-7-3-2-4-8-12)16-17(27)13-9-5-6-10-14(13)34-24(16)33/h2-10,15,18-22,25,27-30H,1H3,(H,31,32)/t15?,18-,19-,20+,21?,22-,25+/m0/s1/i2D,3D,4D,7D,8D. The lowest BCUT2D eigenvalue weighted by molar-refractivity contribution is -0.302. The Hall–Kier alpha value is -3.61. The number of ketones is 1. The molecule has 4 rings (SSSR count). The van der Waals surface area contributed by atoms with E-state index in [-0.39, 0.29) is 11.0 Å². The summed E-state index contributed by atoms with van der Waals surface area (Å²) in [5.41, 5.74) is -2.76. The van der Waals surface area contributed by atoms with Gasteiger partial charge in [0, 0.05) is 0 Å². The minimum Gasteiger partial charge on any atom is -0.507 e. The Morgan fingerprint density at radius 3 is 2.36 bits per heavy atom. The van der Waals surface area contributed by atoms with Crippen LogP contribution in [0.25, 0.3) is 11.0 Å². The van der Waals surface area contributed by atoms with Crippen LogP contribution in [0.5, 0.6) is 5.75 Å². The Balaban J connectivity index is 2.00. The van der Waals surface area contributed by atoms with Crippen LogP contribution >= 0.6 is 0 Å². The molecule has 0 radical (unpaired) electrons. The fourth-order valence-corrected chi connectivity index (χ4v) is 4.00. The smallest absolute Gasteiger partial charge is 0.343 e. The molecule has 0 amide bonds. The van der Waals surface area contributed by atoms with Gasteiger partial charge in [-0.15, -0.1) is 0 Å². The molecule has 7 atom stereocenters. The van der Waals surface area contributed by atoms with Gasteiger partial charge in [-0.2, -0.15) is 0 Å². The van der Waals surface area contributed by atoms with E-state index in [4.69, 9.17) is 20.7 Å². The number of rotatable bonds is 7. The Kier molecular flexibility index (Phi) is 5.53. The van der Waals surface area contributed by atoms with Gasteiger partial charge >= 0.3 is 11.6 Å². The van der Waals surface area contributed by atoms with Gasteiger partial charge in [-0.1, -0.05) is 42.3 Å². The number of para-hydroxylation sites is 1. The van der Waals surface area contributed by atoms with Crippen LogP contribution in [-0.4, -0.2) is 74.1 Å². The normalized spacial score (nSPS) is 27.8. The molecule has 0 saturated carbocycles. The highest BCUT2D eigenvalue weighted by atomic mass is 16.7. The Morgan fingerprint density at radius 2 is 1.72 bits per heavy atom. The molecule has 0 spiro atoms. The molecular weight excluding hydrogens is 476 g/mol. The first-order valence-electron chi connectivity index (χ1n) is 13.1. The van der Waals surface area contributed by atoms with Crippen LogP contribution in [-0.2, 0) is 19.1 Å². The van der Waals surface area contributed by atoms with Crippen LogP contribution < -0.4 is 5.63 Å². The van der Waals surface area contributed by atoms with Crippen LogP contribution in [0.2, 0.25) is 0 Å². The number of hydrogen-bond donors (Lipinski definition) is 5. The second-order valence-corrected chi connectivity index (χ2v) is 8.07. The maximum absolute atomic E-state index is 13.3. The van der Waals surface area contributed by atoms with Crippen molar-refractivity contribution in [2.45, 2.75) is 49.7 Å². The summed E-state index contributed by atoms with van der Waals surface area (Å²) in [6.45, 7) is 0.919. The first-order valence-corrected chi connectivity index (χ1v) is 10.6. The Morgan fingerprint density at radius 1 is 1.06 bits per heavy atom. The fraction of sp³-hybridized carbons (Fsp3) is 0.320. The molecule has 11 heteroatoms. The second kappa shape index (κ2) is 10.2. The van der Waals surface area contributed by atoms with Crippen molar-refractivity contribution < 1.29 is 55.9 Å². The maximum Gasteiger partial charge on any atom is 0.343 e. The van der Waals surface area contributed by atoms with Crippen LogP contribution in [0.3, 0.4) is 0 Å². The summed E-state index contributed by atoms with van der Waals surface area (Å²) < 4.78 is 57.1. The third-order valence-electron chi connectivity index (χ3n) is 5.76. The van der Waals surface area contributed by atoms with Crippen molar-refractivity contribution in [2.24, 2.45) is 0 Å². The number of aliphatic carboxylic acids is 1. The second-order valence-electron chi connectivity index (χ2n) is 8.07. The number of Topliss-reactive ketones (excluding diaryl/α,β-unsaturated/α-hetero) is 1. The number of carbonyl (C=O) groups excluding carboxylic acids is 1. The highest BCUT2D eigenvalue weighted by Gasteiger charge is 2.49. The number of aliphatic hydroxyl groups excluding tert-OH is 3. The molecule has 11 nitrogen and oxygen atoms in total. The highest BCUT2D eigenvalue weighted by molar-refractivity contribution is 5.86. The molecule has 0 bridgehead atoms. The molecule has 1 aliphatic rings. The number of hydrogen-bond acceptors (Lipinski definition) is 10. The van der Waals surface area contributed by atoms with Gasteiger partial charge in [0.15, 0.2) is 18.2 Å². The lowest BCUT2D eigenvalue weighted by Gasteiger charge is -2.40. The monoisotopic (exact) mass is 505 g/mol. The highest BCUT2D eigenvalue weighted by Crippen LogP contribution is 2.38. The van der Waals surface area contributed by atoms with E-state index in [1.54, 1.807) is 0 Å². The van der Waals surface area contributed by atoms with Crippen LogP contribution in [0.4, 0.5) is 0 Å². The van der Waals surface area contributed by atoms with Crippen molar-refractivity contribution in [3.05, 3.63) is 76.0 Å². The molecule has 2 aromatic carbocycles. The van der Waals surface area contributed by atoms with Gasteiger partial charge in [-0.25, -0.2) is 9.59 Å². The average Bonchev–Trinajstić information content (AvgIpc) is 2.92. The minimum atomic E-state index is -2.15. The molecule has 5 N–H and O–H groups in total. The number of carbonyl (C=O) groups is 2. The molecule has 2 heterocycles. The van der Waals surface area contributed by atoms with Crippen LogP contribution in [0, 0.1) is 0 Å². The molecule has 1 fully saturated rings. The van der Waals surface area contributed by atoms with Gasteiger partial charge in [0.1, 0.15) is 35.7 Å². The predicted molar refractivity (Wildman–Crippen MR) is 122 cm³/mol. The number of ether oxygens (including phenoxy) is 2. The third-order valence-corrected chi connectivity index (χ3v) is 5.76.